The molecule has 1 aromatic carbocycles. The predicted octanol–water partition coefficient (Wildman–Crippen LogP) is 3.08. The molecule has 0 aliphatic carbocycles. The summed E-state index contributed by atoms with van der Waals surface area (Å²) in [5, 5.41) is 3.55. The Balaban J connectivity index is 2.09. The Morgan fingerprint density at radius 3 is 3.00 bits per heavy atom. The van der Waals surface area contributed by atoms with Crippen LogP contribution in [0.3, 0.4) is 0 Å². The lowest BCUT2D eigenvalue weighted by molar-refractivity contribution is 0.338. The van der Waals surface area contributed by atoms with E-state index in [0.29, 0.717) is 5.52 Å². The van der Waals surface area contributed by atoms with Crippen LogP contribution in [0.5, 0.6) is 0 Å². The van der Waals surface area contributed by atoms with Crippen LogP contribution < -0.4 is 5.32 Å². The molecule has 0 amide bonds. The minimum Gasteiger partial charge on any atom is -0.340 e. The summed E-state index contributed by atoms with van der Waals surface area (Å²) >= 11 is 0. The third-order valence-electron chi connectivity index (χ3n) is 3.84. The van der Waals surface area contributed by atoms with Crippen molar-refractivity contribution in [2.75, 3.05) is 6.54 Å². The third-order valence-corrected chi connectivity index (χ3v) is 3.84. The topological polar surface area (TPSA) is 40.7 Å². The number of rotatable bonds is 3. The number of aromatic nitrogens is 2. The molecule has 1 aromatic heterocycles. The highest BCUT2D eigenvalue weighted by Gasteiger charge is 2.37. The summed E-state index contributed by atoms with van der Waals surface area (Å²) in [6.07, 6.45) is 4.35. The average molecular weight is 247 g/mol. The van der Waals surface area contributed by atoms with E-state index < -0.39 is 0 Å². The second kappa shape index (κ2) is 4.35. The molecule has 1 fully saturated rings. The molecule has 0 bridgehead atoms. The summed E-state index contributed by atoms with van der Waals surface area (Å²) in [6.45, 7) is 3.19. The molecular formula is C14H18FN3. The van der Waals surface area contributed by atoms with E-state index in [1.54, 1.807) is 6.07 Å². The molecule has 3 nitrogen and oxygen atoms in total. The number of H-pyrrole nitrogens is 1. The summed E-state index contributed by atoms with van der Waals surface area (Å²) in [4.78, 5) is 7.78. The van der Waals surface area contributed by atoms with Crippen molar-refractivity contribution in [2.24, 2.45) is 0 Å². The Hall–Kier alpha value is -1.42. The zero-order valence-corrected chi connectivity index (χ0v) is 10.6. The van der Waals surface area contributed by atoms with Crippen molar-refractivity contribution in [1.29, 1.82) is 0 Å². The Labute approximate surface area is 106 Å². The first-order valence-electron chi connectivity index (χ1n) is 6.65. The van der Waals surface area contributed by atoms with E-state index in [1.165, 1.54) is 6.07 Å². The van der Waals surface area contributed by atoms with Crippen molar-refractivity contribution < 1.29 is 4.39 Å². The van der Waals surface area contributed by atoms with Crippen LogP contribution in [-0.2, 0) is 5.54 Å². The molecular weight excluding hydrogens is 229 g/mol. The maximum Gasteiger partial charge on any atom is 0.151 e. The average Bonchev–Trinajstić information content (AvgIpc) is 2.97. The normalized spacial score (nSPS) is 23.9. The van der Waals surface area contributed by atoms with Crippen molar-refractivity contribution in [3.05, 3.63) is 29.8 Å². The molecule has 2 N–H and O–H groups in total. The van der Waals surface area contributed by atoms with E-state index in [-0.39, 0.29) is 11.4 Å². The fraction of sp³-hybridized carbons (Fsp3) is 0.500. The van der Waals surface area contributed by atoms with Gasteiger partial charge >= 0.3 is 0 Å². The number of aromatic amines is 1. The van der Waals surface area contributed by atoms with E-state index in [0.717, 1.165) is 43.6 Å². The van der Waals surface area contributed by atoms with Crippen LogP contribution in [0.2, 0.25) is 0 Å². The number of hydrogen-bond acceptors (Lipinski definition) is 2. The highest BCUT2D eigenvalue weighted by molar-refractivity contribution is 5.75. The SMILES string of the molecule is CCCC1(c2nc3c(F)cccc3[nH]2)CCCN1. The molecule has 1 unspecified atom stereocenters. The molecule has 1 saturated heterocycles. The number of para-hydroxylation sites is 1. The van der Waals surface area contributed by atoms with Crippen molar-refractivity contribution in [3.63, 3.8) is 0 Å². The predicted molar refractivity (Wildman–Crippen MR) is 69.9 cm³/mol. The van der Waals surface area contributed by atoms with Gasteiger partial charge in [-0.1, -0.05) is 19.4 Å². The van der Waals surface area contributed by atoms with Crippen molar-refractivity contribution >= 4 is 11.0 Å². The number of halogens is 1. The van der Waals surface area contributed by atoms with Gasteiger partial charge in [-0.05, 0) is 37.9 Å². The molecule has 1 atom stereocenters. The number of hydrogen-bond donors (Lipinski definition) is 2. The smallest absolute Gasteiger partial charge is 0.151 e. The van der Waals surface area contributed by atoms with E-state index in [4.69, 9.17) is 0 Å². The molecule has 18 heavy (non-hydrogen) atoms. The van der Waals surface area contributed by atoms with Crippen molar-refractivity contribution in [1.82, 2.24) is 15.3 Å². The van der Waals surface area contributed by atoms with Gasteiger partial charge in [0.15, 0.2) is 5.82 Å². The molecule has 1 aliphatic rings. The Bertz CT molecular complexity index is 555. The molecule has 2 aromatic rings. The van der Waals surface area contributed by atoms with Crippen molar-refractivity contribution in [2.45, 2.75) is 38.1 Å². The Morgan fingerprint density at radius 1 is 1.44 bits per heavy atom. The van der Waals surface area contributed by atoms with Crippen LogP contribution in [0.25, 0.3) is 11.0 Å². The van der Waals surface area contributed by atoms with E-state index in [9.17, 15) is 4.39 Å². The summed E-state index contributed by atoms with van der Waals surface area (Å²) in [5.74, 6) is 0.640. The van der Waals surface area contributed by atoms with Crippen LogP contribution in [0.4, 0.5) is 4.39 Å². The molecule has 96 valence electrons. The lowest BCUT2D eigenvalue weighted by Gasteiger charge is -2.26. The molecule has 1 aliphatic heterocycles. The fourth-order valence-corrected chi connectivity index (χ4v) is 2.99. The Kier molecular flexibility index (Phi) is 2.82. The van der Waals surface area contributed by atoms with Gasteiger partial charge in [0.25, 0.3) is 0 Å². The third kappa shape index (κ3) is 1.72. The molecule has 3 rings (SSSR count). The van der Waals surface area contributed by atoms with Crippen LogP contribution in [-0.4, -0.2) is 16.5 Å². The molecule has 0 radical (unpaired) electrons. The van der Waals surface area contributed by atoms with E-state index in [1.807, 2.05) is 6.07 Å². The number of imidazole rings is 1. The van der Waals surface area contributed by atoms with Crippen LogP contribution in [0.1, 0.15) is 38.4 Å². The zero-order chi connectivity index (χ0) is 12.6. The van der Waals surface area contributed by atoms with Crippen LogP contribution >= 0.6 is 0 Å². The molecule has 4 heteroatoms. The van der Waals surface area contributed by atoms with Crippen LogP contribution in [0, 0.1) is 5.82 Å². The maximum absolute atomic E-state index is 13.7. The van der Waals surface area contributed by atoms with Gasteiger partial charge < -0.3 is 10.3 Å². The van der Waals surface area contributed by atoms with Gasteiger partial charge in [0, 0.05) is 0 Å². The van der Waals surface area contributed by atoms with Crippen LogP contribution in [0.15, 0.2) is 18.2 Å². The summed E-state index contributed by atoms with van der Waals surface area (Å²) in [7, 11) is 0. The first-order valence-corrected chi connectivity index (χ1v) is 6.65. The maximum atomic E-state index is 13.7. The second-order valence-corrected chi connectivity index (χ2v) is 5.08. The van der Waals surface area contributed by atoms with E-state index in [2.05, 4.69) is 22.2 Å². The van der Waals surface area contributed by atoms with Gasteiger partial charge in [0.1, 0.15) is 11.3 Å². The quantitative estimate of drug-likeness (QED) is 0.875. The summed E-state index contributed by atoms with van der Waals surface area (Å²) in [6, 6.07) is 5.05. The van der Waals surface area contributed by atoms with Gasteiger partial charge in [0.05, 0.1) is 11.1 Å². The fourth-order valence-electron chi connectivity index (χ4n) is 2.99. The summed E-state index contributed by atoms with van der Waals surface area (Å²) in [5.41, 5.74) is 1.16. The summed E-state index contributed by atoms with van der Waals surface area (Å²) < 4.78 is 13.7. The van der Waals surface area contributed by atoms with Gasteiger partial charge in [-0.2, -0.15) is 0 Å². The van der Waals surface area contributed by atoms with Gasteiger partial charge in [-0.25, -0.2) is 9.37 Å². The lowest BCUT2D eigenvalue weighted by atomic mass is 9.91. The molecule has 0 saturated carbocycles. The minimum absolute atomic E-state index is 0.0831. The molecule has 0 spiro atoms. The minimum atomic E-state index is -0.250. The monoisotopic (exact) mass is 247 g/mol. The van der Waals surface area contributed by atoms with Gasteiger partial charge in [-0.15, -0.1) is 0 Å². The standard InChI is InChI=1S/C14H18FN3/c1-2-7-14(8-4-9-16-14)13-17-11-6-3-5-10(15)12(11)18-13/h3,5-6,16H,2,4,7-9H2,1H3,(H,17,18). The van der Waals surface area contributed by atoms with Crippen molar-refractivity contribution in [3.8, 4) is 0 Å². The molecule has 2 heterocycles. The highest BCUT2D eigenvalue weighted by atomic mass is 19.1. The van der Waals surface area contributed by atoms with Gasteiger partial charge in [-0.3, -0.25) is 0 Å². The number of nitrogens with zero attached hydrogens (tertiary/aromatic N) is 1. The zero-order valence-electron chi connectivity index (χ0n) is 10.6. The first-order chi connectivity index (χ1) is 8.75. The highest BCUT2D eigenvalue weighted by Crippen LogP contribution is 2.34. The Morgan fingerprint density at radius 2 is 2.33 bits per heavy atom. The number of nitrogens with one attached hydrogen (secondary N) is 2. The largest absolute Gasteiger partial charge is 0.340 e. The second-order valence-electron chi connectivity index (χ2n) is 5.08. The first kappa shape index (κ1) is 11.7. The number of benzene rings is 1. The number of fused-ring (bicyclic) bond motifs is 1. The lowest BCUT2D eigenvalue weighted by Crippen LogP contribution is -2.37. The van der Waals surface area contributed by atoms with E-state index >= 15 is 0 Å². The van der Waals surface area contributed by atoms with Gasteiger partial charge in [0.2, 0.25) is 0 Å².